The van der Waals surface area contributed by atoms with Crippen LogP contribution in [-0.4, -0.2) is 17.4 Å². The number of benzene rings is 2. The Morgan fingerprint density at radius 1 is 1.00 bits per heavy atom. The summed E-state index contributed by atoms with van der Waals surface area (Å²) in [6, 6.07) is 18.6. The largest absolute Gasteiger partial charge is 0.383 e. The molecule has 3 aromatic rings. The Morgan fingerprint density at radius 3 is 2.76 bits per heavy atom. The number of carbonyl (C=O) groups is 1. The van der Waals surface area contributed by atoms with Crippen molar-refractivity contribution in [2.45, 2.75) is 12.8 Å². The number of rotatable bonds is 5. The molecule has 4 rings (SSSR count). The van der Waals surface area contributed by atoms with E-state index >= 15 is 0 Å². The first-order valence-corrected chi connectivity index (χ1v) is 8.44. The first-order valence-electron chi connectivity index (χ1n) is 8.44. The molecule has 0 saturated carbocycles. The summed E-state index contributed by atoms with van der Waals surface area (Å²) in [4.78, 5) is 15.9. The van der Waals surface area contributed by atoms with Crippen molar-refractivity contribution < 1.29 is 4.79 Å². The fourth-order valence-corrected chi connectivity index (χ4v) is 3.10. The van der Waals surface area contributed by atoms with Crippen LogP contribution >= 0.6 is 0 Å². The summed E-state index contributed by atoms with van der Waals surface area (Å²) in [6.45, 7) is 0.859. The van der Waals surface area contributed by atoms with Gasteiger partial charge in [-0.1, -0.05) is 36.4 Å². The predicted octanol–water partition coefficient (Wildman–Crippen LogP) is 3.90. The van der Waals surface area contributed by atoms with Gasteiger partial charge in [0.05, 0.1) is 12.1 Å². The highest BCUT2D eigenvalue weighted by molar-refractivity contribution is 5.99. The molecule has 0 atom stereocenters. The van der Waals surface area contributed by atoms with Gasteiger partial charge in [-0.15, -0.1) is 0 Å². The molecular formula is C21H19N3O. The number of aromatic nitrogens is 1. The van der Waals surface area contributed by atoms with Crippen molar-refractivity contribution in [3.63, 3.8) is 0 Å². The lowest BCUT2D eigenvalue weighted by atomic mass is 10.0. The van der Waals surface area contributed by atoms with E-state index in [9.17, 15) is 4.79 Å². The number of hydrogen-bond donors (Lipinski definition) is 2. The second-order valence-corrected chi connectivity index (χ2v) is 6.22. The van der Waals surface area contributed by atoms with Crippen LogP contribution in [0.1, 0.15) is 11.1 Å². The van der Waals surface area contributed by atoms with Crippen LogP contribution in [0.2, 0.25) is 0 Å². The minimum absolute atomic E-state index is 0.0570. The smallest absolute Gasteiger partial charge is 0.228 e. The maximum atomic E-state index is 11.5. The Hall–Kier alpha value is -3.14. The van der Waals surface area contributed by atoms with Gasteiger partial charge in [0, 0.05) is 30.2 Å². The van der Waals surface area contributed by atoms with E-state index in [0.29, 0.717) is 6.42 Å². The Bertz CT molecular complexity index is 906. The first-order chi connectivity index (χ1) is 12.3. The van der Waals surface area contributed by atoms with Gasteiger partial charge in [-0.05, 0) is 41.3 Å². The standard InChI is InChI=1S/C21H19N3O/c25-21-12-17-10-16(6-7-20(17)24-21)18-11-19(14-22-13-18)23-9-8-15-4-2-1-3-5-15/h1-7,10-11,13-14,23H,8-9,12H2,(H,24,25). The number of amides is 1. The predicted molar refractivity (Wildman–Crippen MR) is 101 cm³/mol. The zero-order chi connectivity index (χ0) is 17.1. The van der Waals surface area contributed by atoms with Crippen LogP contribution in [0.25, 0.3) is 11.1 Å². The van der Waals surface area contributed by atoms with Crippen LogP contribution in [-0.2, 0) is 17.6 Å². The Morgan fingerprint density at radius 2 is 1.88 bits per heavy atom. The van der Waals surface area contributed by atoms with Crippen LogP contribution in [0.5, 0.6) is 0 Å². The van der Waals surface area contributed by atoms with Crippen molar-refractivity contribution >= 4 is 17.3 Å². The fourth-order valence-electron chi connectivity index (χ4n) is 3.10. The number of nitrogens with zero attached hydrogens (tertiary/aromatic N) is 1. The van der Waals surface area contributed by atoms with Gasteiger partial charge >= 0.3 is 0 Å². The SMILES string of the molecule is O=C1Cc2cc(-c3cncc(NCCc4ccccc4)c3)ccc2N1. The normalized spacial score (nSPS) is 12.6. The highest BCUT2D eigenvalue weighted by Crippen LogP contribution is 2.29. The Labute approximate surface area is 146 Å². The van der Waals surface area contributed by atoms with E-state index in [1.807, 2.05) is 30.6 Å². The van der Waals surface area contributed by atoms with Crippen LogP contribution in [0.15, 0.2) is 67.0 Å². The monoisotopic (exact) mass is 329 g/mol. The molecule has 0 radical (unpaired) electrons. The van der Waals surface area contributed by atoms with Crippen molar-refractivity contribution in [2.24, 2.45) is 0 Å². The van der Waals surface area contributed by atoms with Gasteiger partial charge in [0.25, 0.3) is 0 Å². The van der Waals surface area contributed by atoms with Gasteiger partial charge in [-0.3, -0.25) is 9.78 Å². The number of fused-ring (bicyclic) bond motifs is 1. The molecule has 0 spiro atoms. The minimum Gasteiger partial charge on any atom is -0.383 e. The average Bonchev–Trinajstić information content (AvgIpc) is 3.02. The second-order valence-electron chi connectivity index (χ2n) is 6.22. The molecule has 124 valence electrons. The molecule has 1 aliphatic rings. The van der Waals surface area contributed by atoms with Crippen molar-refractivity contribution in [3.05, 3.63) is 78.1 Å². The summed E-state index contributed by atoms with van der Waals surface area (Å²) in [5.74, 6) is 0.0570. The van der Waals surface area contributed by atoms with Crippen LogP contribution < -0.4 is 10.6 Å². The molecule has 0 saturated heterocycles. The lowest BCUT2D eigenvalue weighted by Gasteiger charge is -2.09. The van der Waals surface area contributed by atoms with Crippen molar-refractivity contribution in [1.29, 1.82) is 0 Å². The molecular weight excluding hydrogens is 310 g/mol. The minimum atomic E-state index is 0.0570. The molecule has 0 bridgehead atoms. The maximum Gasteiger partial charge on any atom is 0.228 e. The molecule has 2 heterocycles. The van der Waals surface area contributed by atoms with Gasteiger partial charge in [0.2, 0.25) is 5.91 Å². The third kappa shape index (κ3) is 3.53. The third-order valence-corrected chi connectivity index (χ3v) is 4.39. The summed E-state index contributed by atoms with van der Waals surface area (Å²) in [6.07, 6.45) is 5.12. The summed E-state index contributed by atoms with van der Waals surface area (Å²) < 4.78 is 0. The van der Waals surface area contributed by atoms with Crippen LogP contribution in [0, 0.1) is 0 Å². The molecule has 4 heteroatoms. The number of anilines is 2. The molecule has 0 aliphatic carbocycles. The third-order valence-electron chi connectivity index (χ3n) is 4.39. The van der Waals surface area contributed by atoms with Gasteiger partial charge in [0.1, 0.15) is 0 Å². The van der Waals surface area contributed by atoms with Gasteiger partial charge < -0.3 is 10.6 Å². The zero-order valence-electron chi connectivity index (χ0n) is 13.8. The Balaban J connectivity index is 1.46. The molecule has 4 nitrogen and oxygen atoms in total. The van der Waals surface area contributed by atoms with E-state index in [-0.39, 0.29) is 5.91 Å². The second kappa shape index (κ2) is 6.77. The lowest BCUT2D eigenvalue weighted by Crippen LogP contribution is -2.05. The molecule has 0 unspecified atom stereocenters. The van der Waals surface area contributed by atoms with E-state index in [2.05, 4.69) is 52.0 Å². The quantitative estimate of drug-likeness (QED) is 0.746. The molecule has 1 aliphatic heterocycles. The number of carbonyl (C=O) groups excluding carboxylic acids is 1. The van der Waals surface area contributed by atoms with Crippen molar-refractivity contribution in [1.82, 2.24) is 4.98 Å². The fraction of sp³-hybridized carbons (Fsp3) is 0.143. The lowest BCUT2D eigenvalue weighted by molar-refractivity contribution is -0.115. The molecule has 2 aromatic carbocycles. The first kappa shape index (κ1) is 15.4. The number of nitrogens with one attached hydrogen (secondary N) is 2. The summed E-state index contributed by atoms with van der Waals surface area (Å²) >= 11 is 0. The van der Waals surface area contributed by atoms with E-state index < -0.39 is 0 Å². The molecule has 2 N–H and O–H groups in total. The number of pyridine rings is 1. The van der Waals surface area contributed by atoms with E-state index in [4.69, 9.17) is 0 Å². The highest BCUT2D eigenvalue weighted by atomic mass is 16.1. The van der Waals surface area contributed by atoms with Crippen LogP contribution in [0.4, 0.5) is 11.4 Å². The van der Waals surface area contributed by atoms with Gasteiger partial charge in [-0.25, -0.2) is 0 Å². The van der Waals surface area contributed by atoms with Crippen molar-refractivity contribution in [3.8, 4) is 11.1 Å². The van der Waals surface area contributed by atoms with E-state index in [1.54, 1.807) is 0 Å². The van der Waals surface area contributed by atoms with Crippen LogP contribution in [0.3, 0.4) is 0 Å². The molecule has 1 amide bonds. The summed E-state index contributed by atoms with van der Waals surface area (Å²) in [5.41, 5.74) is 6.41. The summed E-state index contributed by atoms with van der Waals surface area (Å²) in [5, 5.41) is 6.30. The molecule has 0 fully saturated rings. The van der Waals surface area contributed by atoms with E-state index in [1.165, 1.54) is 5.56 Å². The summed E-state index contributed by atoms with van der Waals surface area (Å²) in [7, 11) is 0. The number of hydrogen-bond acceptors (Lipinski definition) is 3. The molecule has 25 heavy (non-hydrogen) atoms. The van der Waals surface area contributed by atoms with Crippen molar-refractivity contribution in [2.75, 3.05) is 17.2 Å². The topological polar surface area (TPSA) is 54.0 Å². The van der Waals surface area contributed by atoms with Gasteiger partial charge in [-0.2, -0.15) is 0 Å². The van der Waals surface area contributed by atoms with Gasteiger partial charge in [0.15, 0.2) is 0 Å². The average molecular weight is 329 g/mol. The van der Waals surface area contributed by atoms with E-state index in [0.717, 1.165) is 41.0 Å². The maximum absolute atomic E-state index is 11.5. The zero-order valence-corrected chi connectivity index (χ0v) is 13.8. The Kier molecular flexibility index (Phi) is 4.17. The highest BCUT2D eigenvalue weighted by Gasteiger charge is 2.17. The molecule has 1 aromatic heterocycles.